The first-order valence-electron chi connectivity index (χ1n) is 17.1. The largest absolute Gasteiger partial charge is 0.396 e. The molecule has 46 heavy (non-hydrogen) atoms. The van der Waals surface area contributed by atoms with Gasteiger partial charge in [0.05, 0.1) is 5.71 Å². The molecule has 4 N–H and O–H groups in total. The van der Waals surface area contributed by atoms with Crippen molar-refractivity contribution in [2.24, 2.45) is 17.8 Å². The highest BCUT2D eigenvalue weighted by Gasteiger charge is 2.49. The van der Waals surface area contributed by atoms with E-state index < -0.39 is 0 Å². The maximum Gasteiger partial charge on any atom is 0.261 e. The highest BCUT2D eigenvalue weighted by molar-refractivity contribution is 6.29. The van der Waals surface area contributed by atoms with Gasteiger partial charge in [-0.15, -0.1) is 0 Å². The predicted octanol–water partition coefficient (Wildman–Crippen LogP) is 8.25. The normalized spacial score (nSPS) is 22.3. The van der Waals surface area contributed by atoms with E-state index in [1.807, 2.05) is 55.5 Å². The van der Waals surface area contributed by atoms with Gasteiger partial charge in [-0.2, -0.15) is 0 Å². The summed E-state index contributed by atoms with van der Waals surface area (Å²) in [5.74, 6) is 0.841. The molecule has 2 aliphatic carbocycles. The van der Waals surface area contributed by atoms with Crippen LogP contribution in [-0.4, -0.2) is 52.9 Å². The van der Waals surface area contributed by atoms with Crippen LogP contribution in [-0.2, 0) is 0 Å². The fraction of sp³-hybridized carbons (Fsp3) is 0.436. The first-order valence-corrected chi connectivity index (χ1v) is 17.1. The average molecular weight is 619 g/mol. The van der Waals surface area contributed by atoms with Gasteiger partial charge in [-0.1, -0.05) is 57.0 Å². The van der Waals surface area contributed by atoms with Crippen LogP contribution < -0.4 is 5.32 Å². The van der Waals surface area contributed by atoms with Crippen LogP contribution in [0, 0.1) is 28.6 Å². The van der Waals surface area contributed by atoms with Gasteiger partial charge in [0, 0.05) is 58.6 Å². The molecule has 3 atom stereocenters. The SMILES string of the molecule is CCCCNc1ccc2c3c(ccc(-c4ccccc4C(=N)/C4=C(\C(C)=N)CCC5C(CC4)[C@@H]5CO)c13)C(=O)N(CCCC)C2=O. The number of imide groups is 1. The third-order valence-corrected chi connectivity index (χ3v) is 10.5. The van der Waals surface area contributed by atoms with Crippen LogP contribution in [0.3, 0.4) is 0 Å². The van der Waals surface area contributed by atoms with Gasteiger partial charge in [0.2, 0.25) is 0 Å². The number of carbonyl (C=O) groups is 2. The van der Waals surface area contributed by atoms with E-state index in [2.05, 4.69) is 19.2 Å². The minimum Gasteiger partial charge on any atom is -0.396 e. The van der Waals surface area contributed by atoms with E-state index in [4.69, 9.17) is 5.41 Å². The summed E-state index contributed by atoms with van der Waals surface area (Å²) >= 11 is 0. The Hall–Kier alpha value is -4.10. The number of carbonyl (C=O) groups excluding carboxylic acids is 2. The van der Waals surface area contributed by atoms with E-state index in [9.17, 15) is 20.1 Å². The van der Waals surface area contributed by atoms with Crippen molar-refractivity contribution >= 4 is 39.7 Å². The quantitative estimate of drug-likeness (QED) is 0.0929. The van der Waals surface area contributed by atoms with Crippen molar-refractivity contribution in [3.05, 3.63) is 76.4 Å². The zero-order chi connectivity index (χ0) is 32.5. The molecule has 0 saturated heterocycles. The molecule has 7 nitrogen and oxygen atoms in total. The Balaban J connectivity index is 1.50. The van der Waals surface area contributed by atoms with E-state index >= 15 is 0 Å². The lowest BCUT2D eigenvalue weighted by atomic mass is 9.82. The van der Waals surface area contributed by atoms with Gasteiger partial charge in [-0.05, 0) is 104 Å². The molecule has 6 rings (SSSR count). The fourth-order valence-electron chi connectivity index (χ4n) is 7.89. The summed E-state index contributed by atoms with van der Waals surface area (Å²) in [5.41, 5.74) is 7.29. The molecule has 0 aromatic heterocycles. The molecular formula is C39H46N4O3. The van der Waals surface area contributed by atoms with Crippen LogP contribution >= 0.6 is 0 Å². The lowest BCUT2D eigenvalue weighted by Gasteiger charge is -2.29. The highest BCUT2D eigenvalue weighted by atomic mass is 16.3. The van der Waals surface area contributed by atoms with Crippen molar-refractivity contribution in [1.29, 1.82) is 10.8 Å². The first-order chi connectivity index (χ1) is 22.3. The minimum absolute atomic E-state index is 0.213. The molecule has 1 fully saturated rings. The summed E-state index contributed by atoms with van der Waals surface area (Å²) < 4.78 is 0. The number of aliphatic hydroxyl groups excluding tert-OH is 1. The number of hydrogen-bond acceptors (Lipinski definition) is 6. The van der Waals surface area contributed by atoms with E-state index in [0.29, 0.717) is 58.7 Å². The molecule has 1 aliphatic heterocycles. The summed E-state index contributed by atoms with van der Waals surface area (Å²) in [6, 6.07) is 15.6. The Morgan fingerprint density at radius 2 is 1.46 bits per heavy atom. The summed E-state index contributed by atoms with van der Waals surface area (Å²) in [5, 5.41) is 33.3. The van der Waals surface area contributed by atoms with Gasteiger partial charge in [0.15, 0.2) is 0 Å². The van der Waals surface area contributed by atoms with E-state index in [0.717, 1.165) is 90.4 Å². The smallest absolute Gasteiger partial charge is 0.261 e. The van der Waals surface area contributed by atoms with Crippen LogP contribution in [0.5, 0.6) is 0 Å². The van der Waals surface area contributed by atoms with E-state index in [1.165, 1.54) is 4.90 Å². The number of nitrogens with one attached hydrogen (secondary N) is 3. The molecule has 0 radical (unpaired) electrons. The zero-order valence-corrected chi connectivity index (χ0v) is 27.3. The van der Waals surface area contributed by atoms with Gasteiger partial charge in [0.1, 0.15) is 0 Å². The Bertz CT molecular complexity index is 1730. The number of benzene rings is 3. The molecule has 0 spiro atoms. The maximum atomic E-state index is 13.8. The van der Waals surface area contributed by atoms with Crippen LogP contribution in [0.1, 0.15) is 98.4 Å². The van der Waals surface area contributed by atoms with E-state index in [1.54, 1.807) is 0 Å². The molecule has 3 aromatic rings. The standard InChI is InChI=1S/C39H46N4O3/c1-4-6-20-42-34-19-18-32-35-31(38(45)43(39(32)46)21-7-5-2)17-15-28(36(34)35)25-10-8-9-11-29(25)37(41)30-16-14-27-26(33(27)22-44)13-12-24(30)23(3)40/h8-11,15,17-19,26-27,33,40-42,44H,4-7,12-14,16,20-22H2,1-3H3/b30-24-,40-23?,41-37?/t26?,27?,33-/m1/s1. The molecule has 7 heteroatoms. The third kappa shape index (κ3) is 5.59. The number of nitrogens with zero attached hydrogens (tertiary/aromatic N) is 1. The zero-order valence-electron chi connectivity index (χ0n) is 27.3. The molecule has 240 valence electrons. The molecule has 3 aliphatic rings. The third-order valence-electron chi connectivity index (χ3n) is 10.5. The van der Waals surface area contributed by atoms with Crippen molar-refractivity contribution in [1.82, 2.24) is 4.90 Å². The van der Waals surface area contributed by atoms with Crippen LogP contribution in [0.2, 0.25) is 0 Å². The molecule has 1 saturated carbocycles. The second-order valence-corrected chi connectivity index (χ2v) is 13.2. The monoisotopic (exact) mass is 618 g/mol. The number of allylic oxidation sites excluding steroid dienone is 2. The topological polar surface area (TPSA) is 117 Å². The summed E-state index contributed by atoms with van der Waals surface area (Å²) in [4.78, 5) is 28.9. The van der Waals surface area contributed by atoms with Crippen molar-refractivity contribution < 1.29 is 14.7 Å². The minimum atomic E-state index is -0.250. The number of anilines is 1. The molecular weight excluding hydrogens is 572 g/mol. The average Bonchev–Trinajstić information content (AvgIpc) is 3.73. The van der Waals surface area contributed by atoms with Crippen molar-refractivity contribution in [2.45, 2.75) is 72.1 Å². The molecule has 0 bridgehead atoms. The molecule has 2 amide bonds. The number of unbranched alkanes of at least 4 members (excludes halogenated alkanes) is 2. The number of aliphatic hydroxyl groups is 1. The van der Waals surface area contributed by atoms with Crippen molar-refractivity contribution in [3.63, 3.8) is 0 Å². The van der Waals surface area contributed by atoms with Crippen molar-refractivity contribution in [3.8, 4) is 11.1 Å². The van der Waals surface area contributed by atoms with Gasteiger partial charge in [-0.3, -0.25) is 19.9 Å². The van der Waals surface area contributed by atoms with Gasteiger partial charge in [-0.25, -0.2) is 0 Å². The van der Waals surface area contributed by atoms with Gasteiger partial charge >= 0.3 is 0 Å². The summed E-state index contributed by atoms with van der Waals surface area (Å²) in [7, 11) is 0. The predicted molar refractivity (Wildman–Crippen MR) is 186 cm³/mol. The maximum absolute atomic E-state index is 13.8. The second-order valence-electron chi connectivity index (χ2n) is 13.2. The van der Waals surface area contributed by atoms with Crippen molar-refractivity contribution in [2.75, 3.05) is 25.0 Å². The van der Waals surface area contributed by atoms with Crippen LogP contribution in [0.4, 0.5) is 5.69 Å². The molecule has 3 aromatic carbocycles. The summed E-state index contributed by atoms with van der Waals surface area (Å²) in [6.07, 6.45) is 6.99. The molecule has 1 heterocycles. The van der Waals surface area contributed by atoms with Crippen LogP contribution in [0.25, 0.3) is 21.9 Å². The Labute approximate surface area is 272 Å². The van der Waals surface area contributed by atoms with Crippen LogP contribution in [0.15, 0.2) is 59.7 Å². The molecule has 2 unspecified atom stereocenters. The Morgan fingerprint density at radius 1 is 0.826 bits per heavy atom. The number of hydrogen-bond donors (Lipinski definition) is 4. The lowest BCUT2D eigenvalue weighted by molar-refractivity contribution is 0.0608. The lowest BCUT2D eigenvalue weighted by Crippen LogP contribution is -2.40. The Morgan fingerprint density at radius 3 is 2.11 bits per heavy atom. The number of amides is 2. The fourth-order valence-corrected chi connectivity index (χ4v) is 7.89. The summed E-state index contributed by atoms with van der Waals surface area (Å²) in [6.45, 7) is 7.40. The first kappa shape index (κ1) is 31.9. The highest BCUT2D eigenvalue weighted by Crippen LogP contribution is 2.54. The van der Waals surface area contributed by atoms with Gasteiger partial charge in [0.25, 0.3) is 11.8 Å². The van der Waals surface area contributed by atoms with E-state index in [-0.39, 0.29) is 18.4 Å². The Kier molecular flexibility index (Phi) is 9.23. The second kappa shape index (κ2) is 13.3. The number of rotatable bonds is 12. The number of fused-ring (bicyclic) bond motifs is 1. The van der Waals surface area contributed by atoms with Gasteiger partial charge < -0.3 is 15.8 Å².